The van der Waals surface area contributed by atoms with Crippen LogP contribution in [0.1, 0.15) is 5.56 Å². The largest absolute Gasteiger partial charge is 0.395 e. The summed E-state index contributed by atoms with van der Waals surface area (Å²) < 4.78 is 1.83. The van der Waals surface area contributed by atoms with Gasteiger partial charge < -0.3 is 25.0 Å². The lowest BCUT2D eigenvalue weighted by molar-refractivity contribution is 0.280. The Morgan fingerprint density at radius 1 is 0.903 bits per heavy atom. The minimum Gasteiger partial charge on any atom is -0.395 e. The third-order valence-electron chi connectivity index (χ3n) is 5.09. The van der Waals surface area contributed by atoms with Crippen molar-refractivity contribution in [2.45, 2.75) is 6.54 Å². The summed E-state index contributed by atoms with van der Waals surface area (Å²) in [5.41, 5.74) is 4.84. The van der Waals surface area contributed by atoms with Crippen LogP contribution in [0.3, 0.4) is 0 Å². The SMILES string of the molecule is Cn1cnc2c(NCc3ccc(-c4ccccc4)cc3)nc(N(CCO)CCO)nc21. The average Bonchev–Trinajstić information content (AvgIpc) is 3.19. The maximum atomic E-state index is 9.37. The zero-order valence-corrected chi connectivity index (χ0v) is 17.4. The van der Waals surface area contributed by atoms with E-state index in [1.165, 1.54) is 11.1 Å². The number of aryl methyl sites for hydroxylation is 1. The molecule has 2 aromatic carbocycles. The summed E-state index contributed by atoms with van der Waals surface area (Å²) in [5.74, 6) is 1.06. The predicted octanol–water partition coefficient (Wildman–Crippen LogP) is 2.43. The molecule has 0 radical (unpaired) electrons. The van der Waals surface area contributed by atoms with E-state index in [9.17, 15) is 10.2 Å². The van der Waals surface area contributed by atoms with E-state index in [-0.39, 0.29) is 13.2 Å². The van der Waals surface area contributed by atoms with Gasteiger partial charge in [-0.3, -0.25) is 0 Å². The van der Waals surface area contributed by atoms with Gasteiger partial charge in [-0.15, -0.1) is 0 Å². The van der Waals surface area contributed by atoms with E-state index in [1.807, 2.05) is 29.8 Å². The van der Waals surface area contributed by atoms with Crippen LogP contribution in [0.25, 0.3) is 22.3 Å². The number of aliphatic hydroxyl groups excluding tert-OH is 2. The molecule has 0 fully saturated rings. The highest BCUT2D eigenvalue weighted by atomic mass is 16.3. The first-order valence-corrected chi connectivity index (χ1v) is 10.2. The second kappa shape index (κ2) is 9.55. The van der Waals surface area contributed by atoms with Crippen LogP contribution in [0.2, 0.25) is 0 Å². The van der Waals surface area contributed by atoms with Crippen molar-refractivity contribution in [3.8, 4) is 11.1 Å². The summed E-state index contributed by atoms with van der Waals surface area (Å²) in [7, 11) is 1.88. The quantitative estimate of drug-likeness (QED) is 0.384. The lowest BCUT2D eigenvalue weighted by Gasteiger charge is -2.21. The fourth-order valence-electron chi connectivity index (χ4n) is 3.44. The predicted molar refractivity (Wildman–Crippen MR) is 122 cm³/mol. The number of anilines is 2. The van der Waals surface area contributed by atoms with Crippen LogP contribution < -0.4 is 10.2 Å². The molecule has 31 heavy (non-hydrogen) atoms. The van der Waals surface area contributed by atoms with Gasteiger partial charge in [0.15, 0.2) is 17.0 Å². The first-order chi connectivity index (χ1) is 15.2. The van der Waals surface area contributed by atoms with Crippen LogP contribution in [0.15, 0.2) is 60.9 Å². The molecule has 4 aromatic rings. The zero-order valence-electron chi connectivity index (χ0n) is 17.4. The Morgan fingerprint density at radius 3 is 2.26 bits per heavy atom. The Bertz CT molecular complexity index is 1120. The number of aromatic nitrogens is 4. The van der Waals surface area contributed by atoms with Crippen molar-refractivity contribution in [3.63, 3.8) is 0 Å². The number of rotatable bonds is 9. The van der Waals surface area contributed by atoms with Gasteiger partial charge in [-0.2, -0.15) is 9.97 Å². The van der Waals surface area contributed by atoms with E-state index < -0.39 is 0 Å². The maximum absolute atomic E-state index is 9.37. The molecule has 4 rings (SSSR count). The fourth-order valence-corrected chi connectivity index (χ4v) is 3.44. The summed E-state index contributed by atoms with van der Waals surface area (Å²) in [5, 5.41) is 22.1. The molecule has 2 aromatic heterocycles. The molecule has 0 atom stereocenters. The molecule has 0 saturated heterocycles. The lowest BCUT2D eigenvalue weighted by Crippen LogP contribution is -2.31. The van der Waals surface area contributed by atoms with Crippen molar-refractivity contribution < 1.29 is 10.2 Å². The summed E-state index contributed by atoms with van der Waals surface area (Å²) in [6, 6.07) is 18.7. The Hall–Kier alpha value is -3.49. The van der Waals surface area contributed by atoms with E-state index in [0.717, 1.165) is 5.56 Å². The number of fused-ring (bicyclic) bond motifs is 1. The van der Waals surface area contributed by atoms with E-state index >= 15 is 0 Å². The van der Waals surface area contributed by atoms with E-state index in [1.54, 1.807) is 11.2 Å². The molecule has 0 saturated carbocycles. The van der Waals surface area contributed by atoms with Crippen molar-refractivity contribution in [2.75, 3.05) is 36.5 Å². The summed E-state index contributed by atoms with van der Waals surface area (Å²) in [6.07, 6.45) is 1.70. The van der Waals surface area contributed by atoms with E-state index in [0.29, 0.717) is 42.6 Å². The summed E-state index contributed by atoms with van der Waals surface area (Å²) in [4.78, 5) is 15.4. The normalized spacial score (nSPS) is 11.1. The van der Waals surface area contributed by atoms with Crippen LogP contribution in [0.4, 0.5) is 11.8 Å². The smallest absolute Gasteiger partial charge is 0.229 e. The summed E-state index contributed by atoms with van der Waals surface area (Å²) >= 11 is 0. The third-order valence-corrected chi connectivity index (χ3v) is 5.09. The summed E-state index contributed by atoms with van der Waals surface area (Å²) in [6.45, 7) is 1.15. The van der Waals surface area contributed by atoms with Gasteiger partial charge in [0.1, 0.15) is 0 Å². The van der Waals surface area contributed by atoms with E-state index in [4.69, 9.17) is 0 Å². The van der Waals surface area contributed by atoms with Gasteiger partial charge in [-0.05, 0) is 16.7 Å². The van der Waals surface area contributed by atoms with E-state index in [2.05, 4.69) is 56.7 Å². The standard InChI is InChI=1S/C23H26N6O2/c1-28-16-25-20-21(26-23(27-22(20)28)29(11-13-30)12-14-31)24-15-17-7-9-19(10-8-17)18-5-3-2-4-6-18/h2-10,16,30-31H,11-15H2,1H3,(H,24,26,27). The fraction of sp³-hybridized carbons (Fsp3) is 0.261. The van der Waals surface area contributed by atoms with Gasteiger partial charge in [0.2, 0.25) is 5.95 Å². The molecular weight excluding hydrogens is 392 g/mol. The first-order valence-electron chi connectivity index (χ1n) is 10.2. The van der Waals surface area contributed by atoms with Crippen molar-refractivity contribution >= 4 is 22.9 Å². The third kappa shape index (κ3) is 4.65. The Morgan fingerprint density at radius 2 is 1.58 bits per heavy atom. The number of nitrogens with zero attached hydrogens (tertiary/aromatic N) is 5. The molecule has 0 aliphatic carbocycles. The Kier molecular flexibility index (Phi) is 6.40. The molecule has 0 spiro atoms. The van der Waals surface area contributed by atoms with Crippen LogP contribution in [-0.4, -0.2) is 56.0 Å². The molecule has 0 bridgehead atoms. The lowest BCUT2D eigenvalue weighted by atomic mass is 10.0. The van der Waals surface area contributed by atoms with Crippen LogP contribution in [0, 0.1) is 0 Å². The number of hydrogen-bond acceptors (Lipinski definition) is 7. The number of hydrogen-bond donors (Lipinski definition) is 3. The maximum Gasteiger partial charge on any atom is 0.229 e. The van der Waals surface area contributed by atoms with Gasteiger partial charge in [-0.1, -0.05) is 54.6 Å². The number of imidazole rings is 1. The van der Waals surface area contributed by atoms with Crippen molar-refractivity contribution in [3.05, 3.63) is 66.5 Å². The van der Waals surface area contributed by atoms with Gasteiger partial charge in [0.05, 0.1) is 19.5 Å². The Labute approximate surface area is 180 Å². The molecule has 160 valence electrons. The van der Waals surface area contributed by atoms with Crippen LogP contribution in [-0.2, 0) is 13.6 Å². The molecule has 0 unspecified atom stereocenters. The molecule has 0 aliphatic rings. The first kappa shape index (κ1) is 20.8. The zero-order chi connectivity index (χ0) is 21.6. The number of benzene rings is 2. The molecule has 0 aliphatic heterocycles. The van der Waals surface area contributed by atoms with Gasteiger partial charge in [-0.25, -0.2) is 4.98 Å². The van der Waals surface area contributed by atoms with Crippen molar-refractivity contribution in [1.29, 1.82) is 0 Å². The van der Waals surface area contributed by atoms with Crippen molar-refractivity contribution in [2.24, 2.45) is 7.05 Å². The van der Waals surface area contributed by atoms with Gasteiger partial charge >= 0.3 is 0 Å². The highest BCUT2D eigenvalue weighted by Gasteiger charge is 2.16. The topological polar surface area (TPSA) is 99.3 Å². The minimum atomic E-state index is -0.0523. The highest BCUT2D eigenvalue weighted by molar-refractivity contribution is 5.84. The molecule has 0 amide bonds. The molecule has 3 N–H and O–H groups in total. The second-order valence-electron chi connectivity index (χ2n) is 7.25. The average molecular weight is 419 g/mol. The van der Waals surface area contributed by atoms with Crippen LogP contribution in [0.5, 0.6) is 0 Å². The highest BCUT2D eigenvalue weighted by Crippen LogP contribution is 2.24. The number of aliphatic hydroxyl groups is 2. The van der Waals surface area contributed by atoms with Gasteiger partial charge in [0, 0.05) is 26.7 Å². The van der Waals surface area contributed by atoms with Gasteiger partial charge in [0.25, 0.3) is 0 Å². The monoisotopic (exact) mass is 418 g/mol. The second-order valence-corrected chi connectivity index (χ2v) is 7.25. The minimum absolute atomic E-state index is 0.0523. The number of nitrogens with one attached hydrogen (secondary N) is 1. The van der Waals surface area contributed by atoms with Crippen molar-refractivity contribution in [1.82, 2.24) is 19.5 Å². The molecule has 2 heterocycles. The molecule has 8 nitrogen and oxygen atoms in total. The molecular formula is C23H26N6O2. The van der Waals surface area contributed by atoms with Crippen LogP contribution >= 0.6 is 0 Å². The Balaban J connectivity index is 1.57. The molecule has 8 heteroatoms.